The summed E-state index contributed by atoms with van der Waals surface area (Å²) in [6, 6.07) is 8.28. The van der Waals surface area contributed by atoms with Gasteiger partial charge in [-0.1, -0.05) is 24.3 Å². The zero-order valence-electron chi connectivity index (χ0n) is 15.5. The van der Waals surface area contributed by atoms with E-state index < -0.39 is 0 Å². The van der Waals surface area contributed by atoms with Crippen LogP contribution in [0.2, 0.25) is 0 Å². The Morgan fingerprint density at radius 2 is 1.35 bits per heavy atom. The molecule has 0 bridgehead atoms. The molecule has 2 heterocycles. The molecule has 6 nitrogen and oxygen atoms in total. The van der Waals surface area contributed by atoms with Crippen LogP contribution in [0.5, 0.6) is 0 Å². The van der Waals surface area contributed by atoms with Crippen LogP contribution in [0.3, 0.4) is 0 Å². The molecule has 26 heavy (non-hydrogen) atoms. The lowest BCUT2D eigenvalue weighted by atomic mass is 9.98. The number of esters is 2. The molecule has 1 aromatic carbocycles. The van der Waals surface area contributed by atoms with E-state index in [9.17, 15) is 9.59 Å². The third kappa shape index (κ3) is 4.24. The molecule has 6 heteroatoms. The standard InChI is InChI=1S/C20H28N2O4/c1-3-25-19(23)17-10-8-15(21-17)13-6-5-7-14(12-13)16-9-11-18(22-16)20(24)26-4-2/h5-7,12,15-18,21-22H,3-4,8-11H2,1-2H3/t15-,16-,17-,18+/m1/s1. The number of carbonyl (C=O) groups excluding carboxylic acids is 2. The van der Waals surface area contributed by atoms with Gasteiger partial charge in [0.25, 0.3) is 0 Å². The predicted octanol–water partition coefficient (Wildman–Crippen LogP) is 2.40. The minimum Gasteiger partial charge on any atom is -0.465 e. The summed E-state index contributed by atoms with van der Waals surface area (Å²) in [6.45, 7) is 4.47. The molecule has 142 valence electrons. The largest absolute Gasteiger partial charge is 0.465 e. The molecule has 0 aliphatic carbocycles. The van der Waals surface area contributed by atoms with Crippen molar-refractivity contribution in [3.63, 3.8) is 0 Å². The molecule has 0 aromatic heterocycles. The topological polar surface area (TPSA) is 76.7 Å². The van der Waals surface area contributed by atoms with Crippen molar-refractivity contribution in [3.8, 4) is 0 Å². The number of nitrogens with one attached hydrogen (secondary N) is 2. The van der Waals surface area contributed by atoms with Gasteiger partial charge >= 0.3 is 11.9 Å². The number of hydrogen-bond donors (Lipinski definition) is 2. The number of hydrogen-bond acceptors (Lipinski definition) is 6. The highest BCUT2D eigenvalue weighted by molar-refractivity contribution is 5.76. The maximum absolute atomic E-state index is 11.9. The van der Waals surface area contributed by atoms with Crippen molar-refractivity contribution >= 4 is 11.9 Å². The van der Waals surface area contributed by atoms with Crippen LogP contribution in [-0.4, -0.2) is 37.2 Å². The Bertz CT molecular complexity index is 597. The smallest absolute Gasteiger partial charge is 0.323 e. The Labute approximate surface area is 154 Å². The van der Waals surface area contributed by atoms with Crippen molar-refractivity contribution in [3.05, 3.63) is 35.4 Å². The third-order valence-corrected chi connectivity index (χ3v) is 5.15. The average Bonchev–Trinajstić information content (AvgIpc) is 3.32. The fraction of sp³-hybridized carbons (Fsp3) is 0.600. The second-order valence-corrected chi connectivity index (χ2v) is 6.87. The van der Waals surface area contributed by atoms with Crippen LogP contribution in [0.1, 0.15) is 62.7 Å². The van der Waals surface area contributed by atoms with E-state index in [-0.39, 0.29) is 36.1 Å². The Morgan fingerprint density at radius 3 is 1.77 bits per heavy atom. The van der Waals surface area contributed by atoms with Crippen molar-refractivity contribution in [2.24, 2.45) is 0 Å². The molecule has 2 saturated heterocycles. The Balaban J connectivity index is 1.63. The summed E-state index contributed by atoms with van der Waals surface area (Å²) in [7, 11) is 0. The normalized spacial score (nSPS) is 28.1. The van der Waals surface area contributed by atoms with Crippen molar-refractivity contribution < 1.29 is 19.1 Å². The van der Waals surface area contributed by atoms with E-state index in [4.69, 9.17) is 9.47 Å². The number of carbonyl (C=O) groups is 2. The molecule has 2 aliphatic rings. The van der Waals surface area contributed by atoms with Gasteiger partial charge in [0.2, 0.25) is 0 Å². The van der Waals surface area contributed by atoms with Crippen molar-refractivity contribution in [2.45, 2.75) is 63.7 Å². The van der Waals surface area contributed by atoms with Gasteiger partial charge in [0.15, 0.2) is 0 Å². The molecule has 2 N–H and O–H groups in total. The molecule has 0 unspecified atom stereocenters. The number of rotatable bonds is 6. The Hall–Kier alpha value is -1.92. The van der Waals surface area contributed by atoms with Crippen LogP contribution in [0, 0.1) is 0 Å². The minimum atomic E-state index is -0.221. The SMILES string of the molecule is CCOC(=O)[C@@H]1CC[C@H](c2cccc([C@H]3CC[C@H](C(=O)OCC)N3)c2)N1. The zero-order chi connectivity index (χ0) is 18.5. The molecule has 0 spiro atoms. The molecule has 4 atom stereocenters. The van der Waals surface area contributed by atoms with Gasteiger partial charge < -0.3 is 9.47 Å². The van der Waals surface area contributed by atoms with E-state index in [1.165, 1.54) is 11.1 Å². The Morgan fingerprint density at radius 1 is 0.885 bits per heavy atom. The monoisotopic (exact) mass is 360 g/mol. The van der Waals surface area contributed by atoms with Gasteiger partial charge in [-0.25, -0.2) is 0 Å². The first-order chi connectivity index (χ1) is 12.6. The van der Waals surface area contributed by atoms with Gasteiger partial charge in [0, 0.05) is 12.1 Å². The van der Waals surface area contributed by atoms with E-state index in [1.54, 1.807) is 0 Å². The highest BCUT2D eigenvalue weighted by Crippen LogP contribution is 2.32. The van der Waals surface area contributed by atoms with Crippen LogP contribution < -0.4 is 10.6 Å². The van der Waals surface area contributed by atoms with Crippen LogP contribution in [0.25, 0.3) is 0 Å². The van der Waals surface area contributed by atoms with E-state index in [1.807, 2.05) is 19.9 Å². The van der Waals surface area contributed by atoms with Gasteiger partial charge in [0.1, 0.15) is 12.1 Å². The maximum Gasteiger partial charge on any atom is 0.323 e. The highest BCUT2D eigenvalue weighted by Gasteiger charge is 2.33. The lowest BCUT2D eigenvalue weighted by Crippen LogP contribution is -2.34. The molecule has 1 aromatic rings. The number of benzene rings is 1. The fourth-order valence-corrected chi connectivity index (χ4v) is 3.86. The van der Waals surface area contributed by atoms with Gasteiger partial charge in [-0.05, 0) is 50.7 Å². The summed E-state index contributed by atoms with van der Waals surface area (Å²) >= 11 is 0. The first-order valence-electron chi connectivity index (χ1n) is 9.57. The van der Waals surface area contributed by atoms with Crippen LogP contribution in [0.4, 0.5) is 0 Å². The first-order valence-corrected chi connectivity index (χ1v) is 9.57. The zero-order valence-corrected chi connectivity index (χ0v) is 15.5. The van der Waals surface area contributed by atoms with E-state index in [0.29, 0.717) is 13.2 Å². The average molecular weight is 360 g/mol. The van der Waals surface area contributed by atoms with Crippen molar-refractivity contribution in [1.29, 1.82) is 0 Å². The van der Waals surface area contributed by atoms with Gasteiger partial charge in [0.05, 0.1) is 13.2 Å². The molecule has 0 saturated carbocycles. The van der Waals surface area contributed by atoms with Crippen LogP contribution in [-0.2, 0) is 19.1 Å². The quantitative estimate of drug-likeness (QED) is 0.759. The van der Waals surface area contributed by atoms with Crippen molar-refractivity contribution in [2.75, 3.05) is 13.2 Å². The van der Waals surface area contributed by atoms with E-state index >= 15 is 0 Å². The van der Waals surface area contributed by atoms with Gasteiger partial charge in [-0.3, -0.25) is 20.2 Å². The summed E-state index contributed by atoms with van der Waals surface area (Å²) in [4.78, 5) is 23.8. The molecule has 0 radical (unpaired) electrons. The molecule has 2 fully saturated rings. The second kappa shape index (κ2) is 8.64. The van der Waals surface area contributed by atoms with Crippen molar-refractivity contribution in [1.82, 2.24) is 10.6 Å². The second-order valence-electron chi connectivity index (χ2n) is 6.87. The van der Waals surface area contributed by atoms with E-state index in [0.717, 1.165) is 25.7 Å². The summed E-state index contributed by atoms with van der Waals surface area (Å²) in [5.41, 5.74) is 2.35. The van der Waals surface area contributed by atoms with E-state index in [2.05, 4.69) is 28.8 Å². The summed E-state index contributed by atoms with van der Waals surface area (Å²) in [5, 5.41) is 6.77. The van der Waals surface area contributed by atoms with Gasteiger partial charge in [-0.15, -0.1) is 0 Å². The van der Waals surface area contributed by atoms with Crippen LogP contribution in [0.15, 0.2) is 24.3 Å². The lowest BCUT2D eigenvalue weighted by molar-refractivity contribution is -0.146. The molecular weight excluding hydrogens is 332 g/mol. The lowest BCUT2D eigenvalue weighted by Gasteiger charge is -2.18. The third-order valence-electron chi connectivity index (χ3n) is 5.15. The van der Waals surface area contributed by atoms with Crippen LogP contribution >= 0.6 is 0 Å². The summed E-state index contributed by atoms with van der Waals surface area (Å²) in [5.74, 6) is -0.332. The predicted molar refractivity (Wildman–Crippen MR) is 97.5 cm³/mol. The minimum absolute atomic E-state index is 0.159. The summed E-state index contributed by atoms with van der Waals surface area (Å²) in [6.07, 6.45) is 3.41. The number of ether oxygens (including phenoxy) is 2. The highest BCUT2D eigenvalue weighted by atomic mass is 16.5. The molecule has 0 amide bonds. The first kappa shape index (κ1) is 18.9. The molecular formula is C20H28N2O4. The van der Waals surface area contributed by atoms with Gasteiger partial charge in [-0.2, -0.15) is 0 Å². The Kier molecular flexibility index (Phi) is 6.27. The summed E-state index contributed by atoms with van der Waals surface area (Å²) < 4.78 is 10.2. The molecule has 3 rings (SSSR count). The molecule has 2 aliphatic heterocycles. The maximum atomic E-state index is 11.9. The fourth-order valence-electron chi connectivity index (χ4n) is 3.86.